The van der Waals surface area contributed by atoms with Crippen molar-refractivity contribution in [1.82, 2.24) is 0 Å². The van der Waals surface area contributed by atoms with E-state index in [0.29, 0.717) is 0 Å². The van der Waals surface area contributed by atoms with Gasteiger partial charge >= 0.3 is 8.16 Å². The van der Waals surface area contributed by atoms with E-state index in [4.69, 9.17) is 13.1 Å². The van der Waals surface area contributed by atoms with E-state index in [9.17, 15) is 0 Å². The van der Waals surface area contributed by atoms with Crippen LogP contribution in [-0.2, 0) is 0 Å². The van der Waals surface area contributed by atoms with Gasteiger partial charge in [-0.3, -0.25) is 0 Å². The summed E-state index contributed by atoms with van der Waals surface area (Å²) in [6.45, 7) is 13.2. The molecule has 1 aromatic heterocycles. The van der Waals surface area contributed by atoms with Crippen molar-refractivity contribution < 1.29 is 13.1 Å². The third-order valence-electron chi connectivity index (χ3n) is 8.83. The highest BCUT2D eigenvalue weighted by Gasteiger charge is 2.31. The summed E-state index contributed by atoms with van der Waals surface area (Å²) in [5.41, 5.74) is 8.92. The molecule has 214 valence electrons. The number of ether oxygens (including phenoxy) is 1. The summed E-state index contributed by atoms with van der Waals surface area (Å²) in [5.74, 6) is 0.851. The zero-order chi connectivity index (χ0) is 29.5. The van der Waals surface area contributed by atoms with Crippen molar-refractivity contribution in [3.05, 3.63) is 124 Å². The van der Waals surface area contributed by atoms with Gasteiger partial charge in [0.2, 0.25) is 0 Å². The first-order valence-electron chi connectivity index (χ1n) is 14.5. The molecule has 0 bridgehead atoms. The maximum atomic E-state index is 7.01. The van der Waals surface area contributed by atoms with Crippen molar-refractivity contribution >= 4 is 40.9 Å². The van der Waals surface area contributed by atoms with E-state index < -0.39 is 8.16 Å². The molecular formula is C37H38NO3P. The Kier molecular flexibility index (Phi) is 7.62. The third kappa shape index (κ3) is 4.89. The van der Waals surface area contributed by atoms with Crippen molar-refractivity contribution in [2.24, 2.45) is 0 Å². The maximum absolute atomic E-state index is 7.01. The van der Waals surface area contributed by atoms with Crippen LogP contribution in [0.3, 0.4) is 0 Å². The summed E-state index contributed by atoms with van der Waals surface area (Å²) >= 11 is 0. The van der Waals surface area contributed by atoms with E-state index in [1.807, 2.05) is 12.1 Å². The predicted octanol–water partition coefficient (Wildman–Crippen LogP) is 11.1. The van der Waals surface area contributed by atoms with Crippen molar-refractivity contribution in [2.45, 2.75) is 53.6 Å². The minimum atomic E-state index is -1.59. The lowest BCUT2D eigenvalue weighted by atomic mass is 9.97. The van der Waals surface area contributed by atoms with Crippen LogP contribution in [0.4, 0.5) is 0 Å². The second kappa shape index (κ2) is 11.4. The van der Waals surface area contributed by atoms with Gasteiger partial charge in [-0.1, -0.05) is 66.7 Å². The van der Waals surface area contributed by atoms with Crippen LogP contribution in [0.5, 0.6) is 5.75 Å². The molecule has 5 aromatic carbocycles. The van der Waals surface area contributed by atoms with Gasteiger partial charge in [-0.15, -0.1) is 0 Å². The van der Waals surface area contributed by atoms with Crippen LogP contribution in [0, 0.1) is 27.7 Å². The average molecular weight is 576 g/mol. The molecule has 0 N–H and O–H groups in total. The molecule has 5 heteroatoms. The van der Waals surface area contributed by atoms with Crippen LogP contribution < -0.4 is 9.41 Å². The van der Waals surface area contributed by atoms with Gasteiger partial charge in [-0.05, 0) is 104 Å². The molecule has 2 atom stereocenters. The minimum absolute atomic E-state index is 0.0243. The zero-order valence-corrected chi connectivity index (χ0v) is 26.3. The fraction of sp³-hybridized carbons (Fsp3) is 0.243. The Bertz CT molecular complexity index is 1910. The first kappa shape index (κ1) is 28.2. The Balaban J connectivity index is 1.66. The van der Waals surface area contributed by atoms with Crippen molar-refractivity contribution in [2.75, 3.05) is 11.8 Å². The molecule has 0 aliphatic carbocycles. The van der Waals surface area contributed by atoms with E-state index in [1.165, 1.54) is 38.6 Å². The number of para-hydroxylation sites is 1. The molecule has 0 spiro atoms. The summed E-state index contributed by atoms with van der Waals surface area (Å²) in [5, 5.41) is 4.69. The summed E-state index contributed by atoms with van der Waals surface area (Å²) in [4.78, 5) is 0. The second-order valence-corrected chi connectivity index (χ2v) is 12.6. The zero-order valence-electron chi connectivity index (χ0n) is 25.4. The summed E-state index contributed by atoms with van der Waals surface area (Å²) in [6.07, 6.45) is 0. The summed E-state index contributed by atoms with van der Waals surface area (Å²) in [7, 11) is 0.144. The molecule has 0 fully saturated rings. The van der Waals surface area contributed by atoms with Gasteiger partial charge in [-0.25, -0.2) is 0 Å². The molecule has 0 saturated carbocycles. The lowest BCUT2D eigenvalue weighted by Gasteiger charge is -2.32. The standard InChI is InChI=1S/C37H38NO3P/c1-23-16-20-34-36(25(23)3)37-26(4)24(2)17-21-35(37)41-42(40-34)38(28(6)32-14-10-11-15-33(32)39-7)27(5)30-19-18-29-12-8-9-13-31(29)22-30/h8-22,27-28H,1-7H3/t27-,28+/m1/s1. The molecule has 0 unspecified atom stereocenters. The smallest absolute Gasteiger partial charge is 0.310 e. The van der Waals surface area contributed by atoms with Crippen molar-refractivity contribution in [3.63, 3.8) is 0 Å². The minimum Gasteiger partial charge on any atom is -0.496 e. The molecule has 0 aliphatic heterocycles. The van der Waals surface area contributed by atoms with Crippen LogP contribution in [0.15, 0.2) is 99.4 Å². The first-order chi connectivity index (χ1) is 20.3. The Hall–Kier alpha value is -3.98. The monoisotopic (exact) mass is 575 g/mol. The lowest BCUT2D eigenvalue weighted by Crippen LogP contribution is -2.27. The Morgan fingerprint density at radius 3 is 1.83 bits per heavy atom. The van der Waals surface area contributed by atoms with Gasteiger partial charge in [0.1, 0.15) is 16.9 Å². The number of fused-ring (bicyclic) bond motifs is 4. The van der Waals surface area contributed by atoms with Crippen LogP contribution in [0.2, 0.25) is 0 Å². The fourth-order valence-corrected chi connectivity index (χ4v) is 7.72. The van der Waals surface area contributed by atoms with E-state index in [2.05, 4.69) is 125 Å². The van der Waals surface area contributed by atoms with Gasteiger partial charge in [0.05, 0.1) is 7.11 Å². The number of hydrogen-bond acceptors (Lipinski definition) is 4. The molecule has 1 heterocycles. The van der Waals surface area contributed by atoms with Crippen LogP contribution in [-0.4, -0.2) is 7.11 Å². The van der Waals surface area contributed by atoms with Gasteiger partial charge in [0, 0.05) is 28.4 Å². The number of benzene rings is 5. The average Bonchev–Trinajstić information content (AvgIpc) is 3.18. The Labute approximate surface area is 249 Å². The van der Waals surface area contributed by atoms with Crippen LogP contribution in [0.1, 0.15) is 59.3 Å². The Morgan fingerprint density at radius 1 is 0.643 bits per heavy atom. The van der Waals surface area contributed by atoms with E-state index in [-0.39, 0.29) is 12.1 Å². The van der Waals surface area contributed by atoms with Crippen LogP contribution in [0.25, 0.3) is 32.7 Å². The predicted molar refractivity (Wildman–Crippen MR) is 177 cm³/mol. The largest absolute Gasteiger partial charge is 0.496 e. The van der Waals surface area contributed by atoms with Crippen molar-refractivity contribution in [1.29, 1.82) is 0 Å². The first-order valence-corrected chi connectivity index (χ1v) is 15.7. The van der Waals surface area contributed by atoms with Gasteiger partial charge < -0.3 is 13.1 Å². The Morgan fingerprint density at radius 2 is 1.21 bits per heavy atom. The molecule has 42 heavy (non-hydrogen) atoms. The molecule has 6 rings (SSSR count). The number of aryl methyl sites for hydroxylation is 4. The van der Waals surface area contributed by atoms with Gasteiger partial charge in [-0.2, -0.15) is 4.67 Å². The molecule has 0 radical (unpaired) electrons. The van der Waals surface area contributed by atoms with Crippen molar-refractivity contribution in [3.8, 4) is 5.75 Å². The molecule has 0 saturated heterocycles. The lowest BCUT2D eigenvalue weighted by molar-refractivity contribution is 0.404. The maximum Gasteiger partial charge on any atom is 0.310 e. The normalized spacial score (nSPS) is 13.1. The third-order valence-corrected chi connectivity index (χ3v) is 10.6. The highest BCUT2D eigenvalue weighted by molar-refractivity contribution is 7.39. The SMILES string of the molecule is COc1ccccc1[C@H](C)N([C@H](C)c1ccc2ccccc2c1)p1oc2ccc(C)c(C)c2c2c(C)c(C)ccc2o1. The fourth-order valence-electron chi connectivity index (χ4n) is 6.03. The van der Waals surface area contributed by atoms with Gasteiger partial charge in [0.15, 0.2) is 0 Å². The topological polar surface area (TPSA) is 38.8 Å². The molecular weight excluding hydrogens is 537 g/mol. The summed E-state index contributed by atoms with van der Waals surface area (Å²) < 4.78 is 22.2. The van der Waals surface area contributed by atoms with Gasteiger partial charge in [0.25, 0.3) is 0 Å². The molecule has 4 nitrogen and oxygen atoms in total. The number of nitrogens with zero attached hydrogens (tertiary/aromatic N) is 1. The number of rotatable bonds is 6. The second-order valence-electron chi connectivity index (χ2n) is 11.3. The number of methoxy groups -OCH3 is 1. The van der Waals surface area contributed by atoms with Crippen LogP contribution >= 0.6 is 8.16 Å². The molecule has 6 aromatic rings. The highest BCUT2D eigenvalue weighted by atomic mass is 31.1. The molecule has 0 aliphatic rings. The highest BCUT2D eigenvalue weighted by Crippen LogP contribution is 2.48. The quantitative estimate of drug-likeness (QED) is 0.198. The van der Waals surface area contributed by atoms with E-state index in [1.54, 1.807) is 7.11 Å². The number of hydrogen-bond donors (Lipinski definition) is 0. The molecule has 0 amide bonds. The van der Waals surface area contributed by atoms with E-state index in [0.717, 1.165) is 33.3 Å². The van der Waals surface area contributed by atoms with E-state index >= 15 is 0 Å². The summed E-state index contributed by atoms with van der Waals surface area (Å²) in [6, 6.07) is 31.9.